The van der Waals surface area contributed by atoms with Crippen molar-refractivity contribution in [3.05, 3.63) is 58.6 Å². The van der Waals surface area contributed by atoms with Crippen molar-refractivity contribution in [3.8, 4) is 11.5 Å². The normalized spacial score (nSPS) is 10.3. The number of rotatable bonds is 12. The van der Waals surface area contributed by atoms with E-state index in [4.69, 9.17) is 26.2 Å². The third-order valence-electron chi connectivity index (χ3n) is 3.96. The molecular formula is C21H29Cl2NO3. The molecule has 4 nitrogen and oxygen atoms in total. The van der Waals surface area contributed by atoms with Crippen molar-refractivity contribution in [2.75, 3.05) is 19.8 Å². The molecule has 6 heteroatoms. The topological polar surface area (TPSA) is 50.7 Å². The number of hydrogen-bond donors (Lipinski definition) is 2. The fourth-order valence-corrected chi connectivity index (χ4v) is 2.69. The molecule has 0 aliphatic rings. The first-order valence-electron chi connectivity index (χ1n) is 9.17. The van der Waals surface area contributed by atoms with Crippen LogP contribution in [0.25, 0.3) is 0 Å². The minimum atomic E-state index is 0. The number of aliphatic hydroxyl groups is 1. The second-order valence-electron chi connectivity index (χ2n) is 6.09. The van der Waals surface area contributed by atoms with Crippen molar-refractivity contribution in [1.82, 2.24) is 5.32 Å². The summed E-state index contributed by atoms with van der Waals surface area (Å²) in [6, 6.07) is 13.7. The first-order chi connectivity index (χ1) is 12.7. The number of ether oxygens (including phenoxy) is 2. The maximum Gasteiger partial charge on any atom is 0.161 e. The standard InChI is InChI=1S/C21H28ClNO3.ClH/c1-2-25-21-14-18(15-23-12-4-3-5-13-24)8-11-20(21)26-16-17-6-9-19(22)10-7-17;/h6-11,14,23-24H,2-5,12-13,15-16H2,1H3;1H. The lowest BCUT2D eigenvalue weighted by Gasteiger charge is -2.14. The molecule has 0 saturated heterocycles. The van der Waals surface area contributed by atoms with Gasteiger partial charge in [-0.25, -0.2) is 0 Å². The zero-order valence-electron chi connectivity index (χ0n) is 15.7. The molecule has 0 radical (unpaired) electrons. The molecule has 0 amide bonds. The van der Waals surface area contributed by atoms with E-state index in [9.17, 15) is 0 Å². The number of halogens is 2. The van der Waals surface area contributed by atoms with Crippen LogP contribution in [0, 0.1) is 0 Å². The zero-order chi connectivity index (χ0) is 18.6. The molecule has 0 aliphatic heterocycles. The highest BCUT2D eigenvalue weighted by Crippen LogP contribution is 2.29. The van der Waals surface area contributed by atoms with Crippen LogP contribution in [0.15, 0.2) is 42.5 Å². The van der Waals surface area contributed by atoms with Gasteiger partial charge >= 0.3 is 0 Å². The van der Waals surface area contributed by atoms with Crippen molar-refractivity contribution in [1.29, 1.82) is 0 Å². The summed E-state index contributed by atoms with van der Waals surface area (Å²) in [6.45, 7) is 5.04. The second-order valence-corrected chi connectivity index (χ2v) is 6.53. The molecule has 0 atom stereocenters. The zero-order valence-corrected chi connectivity index (χ0v) is 17.3. The number of nitrogens with one attached hydrogen (secondary N) is 1. The fraction of sp³-hybridized carbons (Fsp3) is 0.429. The Bertz CT molecular complexity index is 650. The fourth-order valence-electron chi connectivity index (χ4n) is 2.56. The maximum atomic E-state index is 8.78. The molecule has 2 aromatic rings. The van der Waals surface area contributed by atoms with Crippen molar-refractivity contribution < 1.29 is 14.6 Å². The van der Waals surface area contributed by atoms with Crippen LogP contribution >= 0.6 is 24.0 Å². The van der Waals surface area contributed by atoms with Crippen LogP contribution in [-0.4, -0.2) is 24.9 Å². The molecule has 0 saturated carbocycles. The summed E-state index contributed by atoms with van der Waals surface area (Å²) >= 11 is 5.91. The van der Waals surface area contributed by atoms with Gasteiger partial charge in [-0.05, 0) is 68.1 Å². The molecule has 0 fully saturated rings. The monoisotopic (exact) mass is 413 g/mol. The third kappa shape index (κ3) is 8.85. The van der Waals surface area contributed by atoms with E-state index in [1.165, 1.54) is 0 Å². The summed E-state index contributed by atoms with van der Waals surface area (Å²) in [6.07, 6.45) is 2.99. The Kier molecular flexibility index (Phi) is 11.9. The number of hydrogen-bond acceptors (Lipinski definition) is 4. The van der Waals surface area contributed by atoms with Gasteiger partial charge in [-0.2, -0.15) is 0 Å². The molecule has 150 valence electrons. The highest BCUT2D eigenvalue weighted by molar-refractivity contribution is 6.30. The maximum absolute atomic E-state index is 8.78. The molecule has 0 aliphatic carbocycles. The Balaban J connectivity index is 0.00000364. The van der Waals surface area contributed by atoms with Gasteiger partial charge in [0.2, 0.25) is 0 Å². The van der Waals surface area contributed by atoms with Gasteiger partial charge in [0.05, 0.1) is 6.61 Å². The average molecular weight is 414 g/mol. The minimum absolute atomic E-state index is 0. The first-order valence-corrected chi connectivity index (χ1v) is 9.55. The number of benzene rings is 2. The van der Waals surface area contributed by atoms with E-state index in [-0.39, 0.29) is 19.0 Å². The van der Waals surface area contributed by atoms with Gasteiger partial charge in [0.15, 0.2) is 11.5 Å². The van der Waals surface area contributed by atoms with Crippen molar-refractivity contribution in [3.63, 3.8) is 0 Å². The Morgan fingerprint density at radius 1 is 0.926 bits per heavy atom. The highest BCUT2D eigenvalue weighted by Gasteiger charge is 2.07. The van der Waals surface area contributed by atoms with E-state index in [2.05, 4.69) is 11.4 Å². The Labute approximate surface area is 173 Å². The summed E-state index contributed by atoms with van der Waals surface area (Å²) in [5, 5.41) is 12.9. The molecule has 0 aromatic heterocycles. The van der Waals surface area contributed by atoms with Crippen LogP contribution in [-0.2, 0) is 13.2 Å². The summed E-state index contributed by atoms with van der Waals surface area (Å²) in [5.41, 5.74) is 2.22. The van der Waals surface area contributed by atoms with Crippen LogP contribution in [0.5, 0.6) is 11.5 Å². The van der Waals surface area contributed by atoms with E-state index in [1.807, 2.05) is 43.3 Å². The smallest absolute Gasteiger partial charge is 0.161 e. The minimum Gasteiger partial charge on any atom is -0.490 e. The van der Waals surface area contributed by atoms with Gasteiger partial charge in [0.25, 0.3) is 0 Å². The van der Waals surface area contributed by atoms with Crippen LogP contribution in [0.1, 0.15) is 37.3 Å². The van der Waals surface area contributed by atoms with E-state index in [0.717, 1.165) is 60.0 Å². The Morgan fingerprint density at radius 2 is 1.67 bits per heavy atom. The lowest BCUT2D eigenvalue weighted by atomic mass is 10.2. The average Bonchev–Trinajstić information content (AvgIpc) is 2.65. The van der Waals surface area contributed by atoms with Gasteiger partial charge in [-0.15, -0.1) is 12.4 Å². The molecule has 0 unspecified atom stereocenters. The predicted molar refractivity (Wildman–Crippen MR) is 113 cm³/mol. The summed E-state index contributed by atoms with van der Waals surface area (Å²) in [4.78, 5) is 0. The number of unbranched alkanes of at least 4 members (excludes halogenated alkanes) is 2. The Morgan fingerprint density at radius 3 is 2.37 bits per heavy atom. The van der Waals surface area contributed by atoms with E-state index < -0.39 is 0 Å². The van der Waals surface area contributed by atoms with Crippen LogP contribution in [0.3, 0.4) is 0 Å². The van der Waals surface area contributed by atoms with Crippen LogP contribution < -0.4 is 14.8 Å². The van der Waals surface area contributed by atoms with Crippen LogP contribution in [0.4, 0.5) is 0 Å². The largest absolute Gasteiger partial charge is 0.490 e. The molecular weight excluding hydrogens is 385 g/mol. The van der Waals surface area contributed by atoms with Crippen molar-refractivity contribution in [2.24, 2.45) is 0 Å². The molecule has 0 bridgehead atoms. The van der Waals surface area contributed by atoms with Crippen molar-refractivity contribution in [2.45, 2.75) is 39.3 Å². The molecule has 27 heavy (non-hydrogen) atoms. The lowest BCUT2D eigenvalue weighted by Crippen LogP contribution is -2.15. The molecule has 2 aromatic carbocycles. The van der Waals surface area contributed by atoms with E-state index >= 15 is 0 Å². The lowest BCUT2D eigenvalue weighted by molar-refractivity contribution is 0.269. The second kappa shape index (κ2) is 13.7. The first kappa shape index (κ1) is 23.6. The number of aliphatic hydroxyl groups excluding tert-OH is 1. The quantitative estimate of drug-likeness (QED) is 0.481. The Hall–Kier alpha value is -1.46. The van der Waals surface area contributed by atoms with Crippen LogP contribution in [0.2, 0.25) is 5.02 Å². The summed E-state index contributed by atoms with van der Waals surface area (Å²) in [5.74, 6) is 1.51. The SMILES string of the molecule is CCOc1cc(CNCCCCCO)ccc1OCc1ccc(Cl)cc1.Cl. The third-order valence-corrected chi connectivity index (χ3v) is 4.21. The molecule has 2 N–H and O–H groups in total. The van der Waals surface area contributed by atoms with E-state index in [0.29, 0.717) is 13.2 Å². The molecule has 2 rings (SSSR count). The predicted octanol–water partition coefficient (Wildman–Crippen LogP) is 4.99. The van der Waals surface area contributed by atoms with E-state index in [1.54, 1.807) is 0 Å². The summed E-state index contributed by atoms with van der Waals surface area (Å²) < 4.78 is 11.7. The summed E-state index contributed by atoms with van der Waals surface area (Å²) in [7, 11) is 0. The molecule has 0 spiro atoms. The molecule has 0 heterocycles. The van der Waals surface area contributed by atoms with Crippen molar-refractivity contribution >= 4 is 24.0 Å². The van der Waals surface area contributed by atoms with Gasteiger partial charge in [0.1, 0.15) is 6.61 Å². The van der Waals surface area contributed by atoms with Gasteiger partial charge < -0.3 is 19.9 Å². The van der Waals surface area contributed by atoms with Gasteiger partial charge in [0, 0.05) is 18.2 Å². The highest BCUT2D eigenvalue weighted by atomic mass is 35.5. The van der Waals surface area contributed by atoms with Gasteiger partial charge in [-0.3, -0.25) is 0 Å². The van der Waals surface area contributed by atoms with Gasteiger partial charge in [-0.1, -0.05) is 29.8 Å².